The summed E-state index contributed by atoms with van der Waals surface area (Å²) in [7, 11) is 1.46. The molecule has 3 amide bonds. The number of carboxylic acids is 1. The van der Waals surface area contributed by atoms with Crippen LogP contribution in [0.25, 0.3) is 22.3 Å². The molecule has 0 aromatic heterocycles. The quantitative estimate of drug-likeness (QED) is 0.195. The number of carbonyl (C=O) groups excluding carboxylic acids is 3. The first-order valence-electron chi connectivity index (χ1n) is 15.5. The van der Waals surface area contributed by atoms with E-state index in [2.05, 4.69) is 41.8 Å². The van der Waals surface area contributed by atoms with E-state index in [1.165, 1.54) is 53.9 Å². The van der Waals surface area contributed by atoms with Crippen LogP contribution in [-0.4, -0.2) is 63.5 Å². The van der Waals surface area contributed by atoms with E-state index in [4.69, 9.17) is 0 Å². The van der Waals surface area contributed by atoms with Crippen molar-refractivity contribution in [3.05, 3.63) is 107 Å². The largest absolute Gasteiger partial charge is 0.507 e. The Balaban J connectivity index is 1.48. The Morgan fingerprint density at radius 3 is 2.11 bits per heavy atom. The highest BCUT2D eigenvalue weighted by molar-refractivity contribution is 5.99. The minimum atomic E-state index is -1.32. The van der Waals surface area contributed by atoms with Gasteiger partial charge < -0.3 is 30.9 Å². The van der Waals surface area contributed by atoms with Gasteiger partial charge in [-0.15, -0.1) is 0 Å². The number of nitrogens with one attached hydrogen (secondary N) is 2. The van der Waals surface area contributed by atoms with Gasteiger partial charge in [-0.2, -0.15) is 0 Å². The molecule has 47 heavy (non-hydrogen) atoms. The Morgan fingerprint density at radius 2 is 1.47 bits per heavy atom. The molecule has 1 heterocycles. The average Bonchev–Trinajstić information content (AvgIpc) is 3.07. The van der Waals surface area contributed by atoms with Crippen LogP contribution in [0.2, 0.25) is 0 Å². The standard InChI is InChI=1S/C37H37N3O7/c1-3-4-5-22-6-9-24(10-7-22)25-11-13-26(14-12-25)36(45)40(2)34-27-15-17-32(42)29(20-27)28-18-23(8-16-31(28)41)19-30(37(46)47)39-33(43)21-38-35(34)44/h6-18,20,30,34,41-42H,3-5,19,21H2,1-2H3,(H,38,44)(H,39,43)(H,46,47)/t30-,34?/m0/s1. The van der Waals surface area contributed by atoms with E-state index in [-0.39, 0.29) is 29.0 Å². The molecule has 5 rings (SSSR count). The van der Waals surface area contributed by atoms with Gasteiger partial charge in [-0.3, -0.25) is 14.4 Å². The maximum absolute atomic E-state index is 13.8. The SMILES string of the molecule is CCCCc1ccc(-c2ccc(C(=O)N(C)C3C(=O)NCC(=O)N[C@H](C(=O)O)Cc4ccc(O)c(c4)-c4cc3ccc4O)cc2)cc1. The number of likely N-dealkylation sites (N-methyl/N-ethyl adjacent to an activating group) is 1. The maximum atomic E-state index is 13.8. The summed E-state index contributed by atoms with van der Waals surface area (Å²) in [5, 5.41) is 36.2. The molecule has 5 N–H and O–H groups in total. The summed E-state index contributed by atoms with van der Waals surface area (Å²) in [6.07, 6.45) is 3.17. The van der Waals surface area contributed by atoms with E-state index in [1.54, 1.807) is 12.1 Å². The summed E-state index contributed by atoms with van der Waals surface area (Å²) < 4.78 is 0. The van der Waals surface area contributed by atoms with Crippen LogP contribution in [0.4, 0.5) is 0 Å². The number of phenols is 2. The molecule has 4 aromatic carbocycles. The Kier molecular flexibility index (Phi) is 9.89. The van der Waals surface area contributed by atoms with Gasteiger partial charge in [0.2, 0.25) is 11.8 Å². The number of aryl methyl sites for hydroxylation is 1. The van der Waals surface area contributed by atoms with E-state index in [0.29, 0.717) is 16.7 Å². The van der Waals surface area contributed by atoms with Crippen molar-refractivity contribution >= 4 is 23.7 Å². The molecule has 10 heteroatoms. The van der Waals surface area contributed by atoms with E-state index < -0.39 is 42.3 Å². The third-order valence-corrected chi connectivity index (χ3v) is 8.38. The lowest BCUT2D eigenvalue weighted by Gasteiger charge is -2.29. The number of carboxylic acid groups (broad SMARTS) is 1. The Morgan fingerprint density at radius 1 is 0.851 bits per heavy atom. The predicted molar refractivity (Wildman–Crippen MR) is 177 cm³/mol. The number of hydrogen-bond donors (Lipinski definition) is 5. The number of phenolic OH excluding ortho intramolecular Hbond substituents is 2. The summed E-state index contributed by atoms with van der Waals surface area (Å²) in [6, 6.07) is 21.6. The van der Waals surface area contributed by atoms with Gasteiger partial charge in [-0.1, -0.05) is 61.9 Å². The highest BCUT2D eigenvalue weighted by atomic mass is 16.4. The summed E-state index contributed by atoms with van der Waals surface area (Å²) >= 11 is 0. The zero-order valence-corrected chi connectivity index (χ0v) is 26.2. The molecule has 0 radical (unpaired) electrons. The Hall–Kier alpha value is -5.64. The predicted octanol–water partition coefficient (Wildman–Crippen LogP) is 4.83. The fourth-order valence-corrected chi connectivity index (χ4v) is 5.73. The first-order chi connectivity index (χ1) is 22.5. The van der Waals surface area contributed by atoms with Gasteiger partial charge in [0, 0.05) is 30.2 Å². The average molecular weight is 636 g/mol. The summed E-state index contributed by atoms with van der Waals surface area (Å²) in [5.74, 6) is -3.56. The normalized spacial score (nSPS) is 16.4. The van der Waals surface area contributed by atoms with E-state index in [1.807, 2.05) is 12.1 Å². The van der Waals surface area contributed by atoms with Crippen molar-refractivity contribution in [3.8, 4) is 33.8 Å². The van der Waals surface area contributed by atoms with Crippen molar-refractivity contribution < 1.29 is 34.5 Å². The second-order valence-electron chi connectivity index (χ2n) is 11.7. The van der Waals surface area contributed by atoms with Gasteiger partial charge in [0.15, 0.2) is 0 Å². The van der Waals surface area contributed by atoms with Crippen LogP contribution in [0.3, 0.4) is 0 Å². The second kappa shape index (κ2) is 14.2. The smallest absolute Gasteiger partial charge is 0.326 e. The number of unbranched alkanes of at least 4 members (excludes halogenated alkanes) is 1. The molecule has 0 saturated heterocycles. The molecule has 2 atom stereocenters. The molecule has 0 spiro atoms. The zero-order chi connectivity index (χ0) is 33.7. The van der Waals surface area contributed by atoms with Crippen molar-refractivity contribution in [1.29, 1.82) is 0 Å². The summed E-state index contributed by atoms with van der Waals surface area (Å²) in [4.78, 5) is 53.4. The topological polar surface area (TPSA) is 156 Å². The van der Waals surface area contributed by atoms with Gasteiger partial charge >= 0.3 is 5.97 Å². The molecular formula is C37H37N3O7. The number of fused-ring (bicyclic) bond motifs is 5. The Labute approximate surface area is 272 Å². The molecule has 1 unspecified atom stereocenters. The molecule has 0 saturated carbocycles. The Bertz CT molecular complexity index is 1800. The third kappa shape index (κ3) is 7.44. The van der Waals surface area contributed by atoms with E-state index in [9.17, 15) is 34.5 Å². The fourth-order valence-electron chi connectivity index (χ4n) is 5.73. The second-order valence-corrected chi connectivity index (χ2v) is 11.7. The van der Waals surface area contributed by atoms with Crippen LogP contribution < -0.4 is 10.6 Å². The third-order valence-electron chi connectivity index (χ3n) is 8.38. The molecular weight excluding hydrogens is 598 g/mol. The first-order valence-corrected chi connectivity index (χ1v) is 15.5. The minimum absolute atomic E-state index is 0.105. The number of amides is 3. The molecule has 1 aliphatic rings. The maximum Gasteiger partial charge on any atom is 0.326 e. The number of aromatic hydroxyl groups is 2. The van der Waals surface area contributed by atoms with Gasteiger partial charge in [0.25, 0.3) is 5.91 Å². The monoisotopic (exact) mass is 635 g/mol. The molecule has 0 fully saturated rings. The van der Waals surface area contributed by atoms with Crippen molar-refractivity contribution in [2.75, 3.05) is 13.6 Å². The molecule has 242 valence electrons. The summed E-state index contributed by atoms with van der Waals surface area (Å²) in [5.41, 5.74) is 4.70. The van der Waals surface area contributed by atoms with Crippen molar-refractivity contribution in [1.82, 2.24) is 15.5 Å². The number of benzene rings is 4. The number of aliphatic carboxylic acids is 1. The van der Waals surface area contributed by atoms with Crippen molar-refractivity contribution in [2.24, 2.45) is 0 Å². The van der Waals surface area contributed by atoms with Crippen LogP contribution >= 0.6 is 0 Å². The highest BCUT2D eigenvalue weighted by Crippen LogP contribution is 2.39. The van der Waals surface area contributed by atoms with Crippen LogP contribution in [0, 0.1) is 0 Å². The minimum Gasteiger partial charge on any atom is -0.507 e. The van der Waals surface area contributed by atoms with Crippen LogP contribution in [0.15, 0.2) is 84.9 Å². The zero-order valence-electron chi connectivity index (χ0n) is 26.2. The lowest BCUT2D eigenvalue weighted by molar-refractivity contribution is -0.141. The number of rotatable bonds is 7. The van der Waals surface area contributed by atoms with Gasteiger partial charge in [0.1, 0.15) is 23.6 Å². The lowest BCUT2D eigenvalue weighted by Crippen LogP contribution is -2.48. The summed E-state index contributed by atoms with van der Waals surface area (Å²) in [6.45, 7) is 1.63. The fraction of sp³-hybridized carbons (Fsp3) is 0.243. The van der Waals surface area contributed by atoms with Gasteiger partial charge in [-0.05, 0) is 77.1 Å². The molecule has 4 bridgehead atoms. The van der Waals surface area contributed by atoms with Crippen LogP contribution in [0.1, 0.15) is 52.9 Å². The number of nitrogens with zero attached hydrogens (tertiary/aromatic N) is 1. The van der Waals surface area contributed by atoms with Crippen LogP contribution in [0.5, 0.6) is 11.5 Å². The molecule has 4 aromatic rings. The van der Waals surface area contributed by atoms with Crippen molar-refractivity contribution in [2.45, 2.75) is 44.7 Å². The lowest BCUT2D eigenvalue weighted by atomic mass is 9.94. The number of carbonyl (C=O) groups is 4. The van der Waals surface area contributed by atoms with E-state index in [0.717, 1.165) is 30.4 Å². The molecule has 1 aliphatic heterocycles. The van der Waals surface area contributed by atoms with E-state index >= 15 is 0 Å². The van der Waals surface area contributed by atoms with Crippen LogP contribution in [-0.2, 0) is 27.2 Å². The molecule has 0 aliphatic carbocycles. The number of hydrogen-bond acceptors (Lipinski definition) is 6. The highest BCUT2D eigenvalue weighted by Gasteiger charge is 2.31. The van der Waals surface area contributed by atoms with Gasteiger partial charge in [-0.25, -0.2) is 4.79 Å². The van der Waals surface area contributed by atoms with Crippen molar-refractivity contribution in [3.63, 3.8) is 0 Å². The first kappa shape index (κ1) is 32.7. The van der Waals surface area contributed by atoms with Gasteiger partial charge in [0.05, 0.1) is 6.54 Å². The molecule has 10 nitrogen and oxygen atoms in total.